The molecule has 17 heavy (non-hydrogen) atoms. The molecular formula is C13H14BrNO2. The van der Waals surface area contributed by atoms with Crippen LogP contribution in [0.2, 0.25) is 0 Å². The fourth-order valence-electron chi connectivity index (χ4n) is 1.38. The first kappa shape index (κ1) is 12.3. The first-order chi connectivity index (χ1) is 8.03. The molecule has 1 heterocycles. The van der Waals surface area contributed by atoms with E-state index in [2.05, 4.69) is 20.9 Å². The van der Waals surface area contributed by atoms with Gasteiger partial charge in [-0.3, -0.25) is 0 Å². The molecule has 3 nitrogen and oxygen atoms in total. The number of aromatic nitrogens is 1. The molecule has 0 bridgehead atoms. The summed E-state index contributed by atoms with van der Waals surface area (Å²) in [6.07, 6.45) is 1.71. The van der Waals surface area contributed by atoms with Crippen molar-refractivity contribution in [3.8, 4) is 11.5 Å². The second-order valence-electron chi connectivity index (χ2n) is 4.25. The Labute approximate surface area is 109 Å². The van der Waals surface area contributed by atoms with Gasteiger partial charge in [0.25, 0.3) is 0 Å². The normalized spacial score (nSPS) is 11.8. The summed E-state index contributed by atoms with van der Waals surface area (Å²) in [5.41, 5.74) is 0.493. The van der Waals surface area contributed by atoms with Crippen molar-refractivity contribution in [2.75, 3.05) is 7.11 Å². The molecule has 0 aliphatic carbocycles. The smallest absolute Gasteiger partial charge is 0.226 e. The summed E-state index contributed by atoms with van der Waals surface area (Å²) in [5, 5.41) is 0. The minimum Gasteiger partial charge on any atom is -0.438 e. The molecule has 0 aliphatic rings. The monoisotopic (exact) mass is 295 g/mol. The van der Waals surface area contributed by atoms with Crippen LogP contribution in [0.3, 0.4) is 0 Å². The zero-order valence-corrected chi connectivity index (χ0v) is 11.6. The predicted octanol–water partition coefficient (Wildman–Crippen LogP) is 3.99. The molecule has 0 aliphatic heterocycles. The van der Waals surface area contributed by atoms with Crippen LogP contribution in [0.1, 0.15) is 19.6 Å². The average molecular weight is 296 g/mol. The number of hydrogen-bond donors (Lipinski definition) is 0. The van der Waals surface area contributed by atoms with Crippen LogP contribution in [0.4, 0.5) is 0 Å². The van der Waals surface area contributed by atoms with Crippen molar-refractivity contribution >= 4 is 15.9 Å². The lowest BCUT2D eigenvalue weighted by Gasteiger charge is -2.18. The number of nitrogens with zero attached hydrogens (tertiary/aromatic N) is 1. The Hall–Kier alpha value is -1.13. The van der Waals surface area contributed by atoms with E-state index in [0.29, 0.717) is 5.89 Å². The number of rotatable bonds is 3. The lowest BCUT2D eigenvalue weighted by Crippen LogP contribution is -2.18. The number of oxazole rings is 1. The maximum Gasteiger partial charge on any atom is 0.226 e. The standard InChI is InChI=1S/C13H14BrNO2/c1-13(2,16-3)11-8-15-12(17-11)9-4-6-10(14)7-5-9/h4-8H,1-3H3. The molecule has 2 aromatic rings. The van der Waals surface area contributed by atoms with E-state index in [0.717, 1.165) is 15.8 Å². The third kappa shape index (κ3) is 2.58. The summed E-state index contributed by atoms with van der Waals surface area (Å²) in [4.78, 5) is 4.27. The van der Waals surface area contributed by atoms with E-state index in [9.17, 15) is 0 Å². The first-order valence-corrected chi connectivity index (χ1v) is 6.09. The van der Waals surface area contributed by atoms with Crippen molar-refractivity contribution in [2.45, 2.75) is 19.4 Å². The third-order valence-electron chi connectivity index (χ3n) is 2.70. The number of benzene rings is 1. The Bertz CT molecular complexity index is 502. The van der Waals surface area contributed by atoms with Gasteiger partial charge in [0, 0.05) is 17.1 Å². The van der Waals surface area contributed by atoms with E-state index in [1.54, 1.807) is 13.3 Å². The zero-order chi connectivity index (χ0) is 12.5. The van der Waals surface area contributed by atoms with Crippen molar-refractivity contribution in [3.05, 3.63) is 40.7 Å². The Kier molecular flexibility index (Phi) is 3.35. The van der Waals surface area contributed by atoms with Crippen LogP contribution < -0.4 is 0 Å². The maximum absolute atomic E-state index is 5.71. The van der Waals surface area contributed by atoms with Gasteiger partial charge >= 0.3 is 0 Å². The predicted molar refractivity (Wildman–Crippen MR) is 69.7 cm³/mol. The molecule has 1 aromatic heterocycles. The molecule has 0 atom stereocenters. The molecule has 0 radical (unpaired) electrons. The van der Waals surface area contributed by atoms with E-state index in [4.69, 9.17) is 9.15 Å². The molecule has 0 unspecified atom stereocenters. The van der Waals surface area contributed by atoms with Crippen LogP contribution in [0, 0.1) is 0 Å². The van der Waals surface area contributed by atoms with Gasteiger partial charge in [-0.1, -0.05) is 15.9 Å². The fraction of sp³-hybridized carbons (Fsp3) is 0.308. The first-order valence-electron chi connectivity index (χ1n) is 5.30. The molecule has 4 heteroatoms. The van der Waals surface area contributed by atoms with Gasteiger partial charge in [0.2, 0.25) is 5.89 Å². The summed E-state index contributed by atoms with van der Waals surface area (Å²) < 4.78 is 12.1. The Morgan fingerprint density at radius 2 is 1.88 bits per heavy atom. The van der Waals surface area contributed by atoms with Gasteiger partial charge in [-0.05, 0) is 38.1 Å². The average Bonchev–Trinajstić information content (AvgIpc) is 2.80. The second kappa shape index (κ2) is 4.63. The van der Waals surface area contributed by atoms with Gasteiger partial charge in [-0.25, -0.2) is 4.98 Å². The highest BCUT2D eigenvalue weighted by molar-refractivity contribution is 9.10. The number of halogens is 1. The Balaban J connectivity index is 2.33. The maximum atomic E-state index is 5.71. The van der Waals surface area contributed by atoms with E-state index in [1.165, 1.54) is 0 Å². The lowest BCUT2D eigenvalue weighted by molar-refractivity contribution is 0.00139. The number of ether oxygens (including phenoxy) is 1. The SMILES string of the molecule is COC(C)(C)c1cnc(-c2ccc(Br)cc2)o1. The molecule has 0 saturated heterocycles. The summed E-state index contributed by atoms with van der Waals surface area (Å²) in [5.74, 6) is 1.33. The third-order valence-corrected chi connectivity index (χ3v) is 3.23. The van der Waals surface area contributed by atoms with E-state index >= 15 is 0 Å². The summed E-state index contributed by atoms with van der Waals surface area (Å²) in [7, 11) is 1.65. The van der Waals surface area contributed by atoms with Crippen molar-refractivity contribution in [1.29, 1.82) is 0 Å². The van der Waals surface area contributed by atoms with Gasteiger partial charge in [-0.15, -0.1) is 0 Å². The van der Waals surface area contributed by atoms with Crippen LogP contribution in [0.5, 0.6) is 0 Å². The zero-order valence-electron chi connectivity index (χ0n) is 10.0. The van der Waals surface area contributed by atoms with Crippen LogP contribution in [0.15, 0.2) is 39.4 Å². The molecule has 0 amide bonds. The van der Waals surface area contributed by atoms with Gasteiger partial charge < -0.3 is 9.15 Å². The van der Waals surface area contributed by atoms with Gasteiger partial charge in [0.05, 0.1) is 6.20 Å². The summed E-state index contributed by atoms with van der Waals surface area (Å²) in [6.45, 7) is 3.89. The molecule has 2 rings (SSSR count). The highest BCUT2D eigenvalue weighted by atomic mass is 79.9. The van der Waals surface area contributed by atoms with Crippen molar-refractivity contribution in [3.63, 3.8) is 0 Å². The van der Waals surface area contributed by atoms with Crippen LogP contribution in [-0.4, -0.2) is 12.1 Å². The molecule has 0 N–H and O–H groups in total. The molecule has 1 aromatic carbocycles. The molecule has 0 saturated carbocycles. The fourth-order valence-corrected chi connectivity index (χ4v) is 1.64. The minimum absolute atomic E-state index is 0.458. The Morgan fingerprint density at radius 1 is 1.24 bits per heavy atom. The van der Waals surface area contributed by atoms with Crippen LogP contribution >= 0.6 is 15.9 Å². The number of hydrogen-bond acceptors (Lipinski definition) is 3. The highest BCUT2D eigenvalue weighted by Crippen LogP contribution is 2.28. The summed E-state index contributed by atoms with van der Waals surface area (Å²) >= 11 is 3.40. The van der Waals surface area contributed by atoms with Crippen LogP contribution in [-0.2, 0) is 10.3 Å². The number of methoxy groups -OCH3 is 1. The van der Waals surface area contributed by atoms with Gasteiger partial charge in [0.1, 0.15) is 5.60 Å². The van der Waals surface area contributed by atoms with Crippen LogP contribution in [0.25, 0.3) is 11.5 Å². The minimum atomic E-state index is -0.458. The lowest BCUT2D eigenvalue weighted by atomic mass is 10.1. The van der Waals surface area contributed by atoms with E-state index < -0.39 is 5.60 Å². The van der Waals surface area contributed by atoms with Gasteiger partial charge in [-0.2, -0.15) is 0 Å². The van der Waals surface area contributed by atoms with E-state index in [-0.39, 0.29) is 0 Å². The molecular weight excluding hydrogens is 282 g/mol. The van der Waals surface area contributed by atoms with Crippen molar-refractivity contribution in [1.82, 2.24) is 4.98 Å². The second-order valence-corrected chi connectivity index (χ2v) is 5.17. The highest BCUT2D eigenvalue weighted by Gasteiger charge is 2.24. The summed E-state index contributed by atoms with van der Waals surface area (Å²) in [6, 6.07) is 7.83. The topological polar surface area (TPSA) is 35.3 Å². The molecule has 90 valence electrons. The molecule has 0 spiro atoms. The van der Waals surface area contributed by atoms with Gasteiger partial charge in [0.15, 0.2) is 5.76 Å². The largest absolute Gasteiger partial charge is 0.438 e. The quantitative estimate of drug-likeness (QED) is 0.859. The van der Waals surface area contributed by atoms with E-state index in [1.807, 2.05) is 38.1 Å². The van der Waals surface area contributed by atoms with Crippen molar-refractivity contribution < 1.29 is 9.15 Å². The van der Waals surface area contributed by atoms with Crippen molar-refractivity contribution in [2.24, 2.45) is 0 Å². The Morgan fingerprint density at radius 3 is 2.47 bits per heavy atom. The molecule has 0 fully saturated rings.